The van der Waals surface area contributed by atoms with E-state index >= 15 is 0 Å². The number of ketones is 1. The lowest BCUT2D eigenvalue weighted by Crippen LogP contribution is -2.22. The van der Waals surface area contributed by atoms with Crippen molar-refractivity contribution in [3.63, 3.8) is 0 Å². The van der Waals surface area contributed by atoms with Gasteiger partial charge in [-0.05, 0) is 17.7 Å². The topological polar surface area (TPSA) is 43.1 Å². The number of rotatable bonds is 4. The molecule has 0 amide bonds. The summed E-state index contributed by atoms with van der Waals surface area (Å²) in [6.45, 7) is 2.12. The predicted molar refractivity (Wildman–Crippen MR) is 53.3 cm³/mol. The third-order valence-corrected chi connectivity index (χ3v) is 2.17. The Morgan fingerprint density at radius 3 is 2.86 bits per heavy atom. The lowest BCUT2D eigenvalue weighted by atomic mass is 10.00. The van der Waals surface area contributed by atoms with E-state index in [1.807, 2.05) is 0 Å². The average Bonchev–Trinajstić information content (AvgIpc) is 2.16. The number of nitrogens with two attached hydrogens (primary N) is 1. The van der Waals surface area contributed by atoms with Gasteiger partial charge < -0.3 is 5.73 Å². The van der Waals surface area contributed by atoms with Crippen LogP contribution in [-0.2, 0) is 11.2 Å². The summed E-state index contributed by atoms with van der Waals surface area (Å²) in [5.74, 6) is -0.410. The van der Waals surface area contributed by atoms with E-state index in [-0.39, 0.29) is 23.9 Å². The number of carbonyl (C=O) groups is 1. The SMILES string of the molecule is CC(CN)C(=O)Cc1cccc(F)c1. The van der Waals surface area contributed by atoms with Gasteiger partial charge in [0.2, 0.25) is 0 Å². The van der Waals surface area contributed by atoms with Gasteiger partial charge in [0.15, 0.2) is 0 Å². The van der Waals surface area contributed by atoms with E-state index in [4.69, 9.17) is 5.73 Å². The van der Waals surface area contributed by atoms with Crippen LogP contribution in [0.4, 0.5) is 4.39 Å². The lowest BCUT2D eigenvalue weighted by Gasteiger charge is -2.06. The van der Waals surface area contributed by atoms with Crippen molar-refractivity contribution in [2.24, 2.45) is 11.7 Å². The van der Waals surface area contributed by atoms with Gasteiger partial charge >= 0.3 is 0 Å². The fourth-order valence-electron chi connectivity index (χ4n) is 1.15. The largest absolute Gasteiger partial charge is 0.330 e. The Labute approximate surface area is 82.9 Å². The summed E-state index contributed by atoms with van der Waals surface area (Å²) in [7, 11) is 0. The highest BCUT2D eigenvalue weighted by molar-refractivity contribution is 5.83. The van der Waals surface area contributed by atoms with Crippen molar-refractivity contribution in [3.8, 4) is 0 Å². The molecular formula is C11H14FNO. The summed E-state index contributed by atoms with van der Waals surface area (Å²) in [5, 5.41) is 0. The highest BCUT2D eigenvalue weighted by Gasteiger charge is 2.11. The zero-order valence-corrected chi connectivity index (χ0v) is 8.16. The number of carbonyl (C=O) groups excluding carboxylic acids is 1. The molecule has 0 saturated heterocycles. The van der Waals surface area contributed by atoms with Crippen LogP contribution < -0.4 is 5.73 Å². The van der Waals surface area contributed by atoms with E-state index in [9.17, 15) is 9.18 Å². The van der Waals surface area contributed by atoms with Crippen LogP contribution in [0.15, 0.2) is 24.3 Å². The molecule has 1 aromatic rings. The molecule has 3 heteroatoms. The number of halogens is 1. The Bertz CT molecular complexity index is 325. The van der Waals surface area contributed by atoms with Crippen LogP contribution in [-0.4, -0.2) is 12.3 Å². The fourth-order valence-corrected chi connectivity index (χ4v) is 1.15. The third-order valence-electron chi connectivity index (χ3n) is 2.17. The van der Waals surface area contributed by atoms with Gasteiger partial charge in [0.1, 0.15) is 11.6 Å². The van der Waals surface area contributed by atoms with Crippen LogP contribution >= 0.6 is 0 Å². The maximum Gasteiger partial charge on any atom is 0.141 e. The molecule has 0 aliphatic heterocycles. The van der Waals surface area contributed by atoms with Crippen LogP contribution in [0.3, 0.4) is 0 Å². The summed E-state index contributed by atoms with van der Waals surface area (Å²) in [6.07, 6.45) is 0.260. The van der Waals surface area contributed by atoms with Crippen molar-refractivity contribution in [1.82, 2.24) is 0 Å². The van der Waals surface area contributed by atoms with Gasteiger partial charge in [-0.2, -0.15) is 0 Å². The number of benzene rings is 1. The predicted octanol–water partition coefficient (Wildman–Crippen LogP) is 1.53. The standard InChI is InChI=1S/C11H14FNO/c1-8(7-13)11(14)6-9-3-2-4-10(12)5-9/h2-5,8H,6-7,13H2,1H3. The maximum absolute atomic E-state index is 12.8. The quantitative estimate of drug-likeness (QED) is 0.791. The van der Waals surface area contributed by atoms with Gasteiger partial charge in [-0.3, -0.25) is 4.79 Å². The van der Waals surface area contributed by atoms with Crippen molar-refractivity contribution in [2.45, 2.75) is 13.3 Å². The van der Waals surface area contributed by atoms with Gasteiger partial charge in [-0.15, -0.1) is 0 Å². The monoisotopic (exact) mass is 195 g/mol. The van der Waals surface area contributed by atoms with Gasteiger partial charge in [0.25, 0.3) is 0 Å². The molecule has 0 bridgehead atoms. The van der Waals surface area contributed by atoms with Crippen LogP contribution in [0, 0.1) is 11.7 Å². The van der Waals surface area contributed by atoms with Crippen LogP contribution in [0.5, 0.6) is 0 Å². The minimum atomic E-state index is -0.310. The zero-order valence-electron chi connectivity index (χ0n) is 8.16. The molecule has 0 radical (unpaired) electrons. The maximum atomic E-state index is 12.8. The minimum absolute atomic E-state index is 0.0538. The highest BCUT2D eigenvalue weighted by Crippen LogP contribution is 2.07. The molecule has 0 fully saturated rings. The van der Waals surface area contributed by atoms with Gasteiger partial charge in [0, 0.05) is 18.9 Å². The van der Waals surface area contributed by atoms with Crippen molar-refractivity contribution < 1.29 is 9.18 Å². The summed E-state index contributed by atoms with van der Waals surface area (Å²) >= 11 is 0. The smallest absolute Gasteiger partial charge is 0.141 e. The molecule has 14 heavy (non-hydrogen) atoms. The summed E-state index contributed by atoms with van der Waals surface area (Å²) in [4.78, 5) is 11.5. The number of hydrogen-bond donors (Lipinski definition) is 1. The Morgan fingerprint density at radius 1 is 1.57 bits per heavy atom. The molecule has 1 unspecified atom stereocenters. The van der Waals surface area contributed by atoms with Crippen LogP contribution in [0.1, 0.15) is 12.5 Å². The van der Waals surface area contributed by atoms with E-state index in [1.54, 1.807) is 19.1 Å². The second-order valence-electron chi connectivity index (χ2n) is 3.41. The van der Waals surface area contributed by atoms with Gasteiger partial charge in [-0.25, -0.2) is 4.39 Å². The molecule has 2 nitrogen and oxygen atoms in total. The highest BCUT2D eigenvalue weighted by atomic mass is 19.1. The normalized spacial score (nSPS) is 12.5. The molecule has 0 saturated carbocycles. The number of Topliss-reactive ketones (excluding diaryl/α,β-unsaturated/α-hetero) is 1. The van der Waals surface area contributed by atoms with Crippen molar-refractivity contribution >= 4 is 5.78 Å². The molecular weight excluding hydrogens is 181 g/mol. The van der Waals surface area contributed by atoms with E-state index in [0.717, 1.165) is 0 Å². The first-order valence-corrected chi connectivity index (χ1v) is 4.60. The average molecular weight is 195 g/mol. The Balaban J connectivity index is 2.65. The van der Waals surface area contributed by atoms with Crippen molar-refractivity contribution in [1.29, 1.82) is 0 Å². The summed E-state index contributed by atoms with van der Waals surface area (Å²) in [6, 6.07) is 6.08. The van der Waals surface area contributed by atoms with E-state index in [1.165, 1.54) is 12.1 Å². The fraction of sp³-hybridized carbons (Fsp3) is 0.364. The van der Waals surface area contributed by atoms with Crippen molar-refractivity contribution in [3.05, 3.63) is 35.6 Å². The van der Waals surface area contributed by atoms with Crippen molar-refractivity contribution in [2.75, 3.05) is 6.54 Å². The molecule has 76 valence electrons. The molecule has 0 aromatic heterocycles. The molecule has 1 atom stereocenters. The van der Waals surface area contributed by atoms with E-state index in [0.29, 0.717) is 12.1 Å². The van der Waals surface area contributed by atoms with Crippen LogP contribution in [0.2, 0.25) is 0 Å². The Kier molecular flexibility index (Phi) is 3.77. The Morgan fingerprint density at radius 2 is 2.29 bits per heavy atom. The second-order valence-corrected chi connectivity index (χ2v) is 3.41. The van der Waals surface area contributed by atoms with Gasteiger partial charge in [-0.1, -0.05) is 19.1 Å². The molecule has 0 heterocycles. The summed E-state index contributed by atoms with van der Waals surface area (Å²) in [5.41, 5.74) is 6.07. The third kappa shape index (κ3) is 2.92. The molecule has 0 spiro atoms. The molecule has 1 aromatic carbocycles. The summed E-state index contributed by atoms with van der Waals surface area (Å²) < 4.78 is 12.8. The first-order chi connectivity index (χ1) is 6.63. The lowest BCUT2D eigenvalue weighted by molar-refractivity contribution is -0.121. The first-order valence-electron chi connectivity index (χ1n) is 4.60. The second kappa shape index (κ2) is 4.86. The van der Waals surface area contributed by atoms with Crippen LogP contribution in [0.25, 0.3) is 0 Å². The molecule has 0 aliphatic carbocycles. The number of hydrogen-bond acceptors (Lipinski definition) is 2. The molecule has 1 rings (SSSR count). The van der Waals surface area contributed by atoms with E-state index < -0.39 is 0 Å². The molecule has 0 aliphatic rings. The minimum Gasteiger partial charge on any atom is -0.330 e. The zero-order chi connectivity index (χ0) is 10.6. The Hall–Kier alpha value is -1.22. The van der Waals surface area contributed by atoms with Gasteiger partial charge in [0.05, 0.1) is 0 Å². The first kappa shape index (κ1) is 10.9. The van der Waals surface area contributed by atoms with E-state index in [2.05, 4.69) is 0 Å². The molecule has 2 N–H and O–H groups in total.